The van der Waals surface area contributed by atoms with Gasteiger partial charge in [0, 0.05) is 17.2 Å². The maximum Gasteiger partial charge on any atom is 0.277 e. The van der Waals surface area contributed by atoms with Gasteiger partial charge in [-0.1, -0.05) is 34.8 Å². The molecule has 2 rings (SSSR count). The second-order valence-corrected chi connectivity index (χ2v) is 5.70. The standard InChI is InChI=1S/C13H6Cl3N3O5/c14-7-3-10(15)12(11(16)4-7)17-13(20)6-1-8(18(21)22)5-9(2-6)19(23)24/h1-5H,(H,17,20). The monoisotopic (exact) mass is 389 g/mol. The Balaban J connectivity index is 2.43. The molecule has 0 saturated heterocycles. The molecule has 0 aliphatic heterocycles. The number of carbonyl (C=O) groups excluding carboxylic acids is 1. The Morgan fingerprint density at radius 3 is 1.75 bits per heavy atom. The number of nitro groups is 2. The summed E-state index contributed by atoms with van der Waals surface area (Å²) >= 11 is 17.6. The molecule has 24 heavy (non-hydrogen) atoms. The molecular weight excluding hydrogens is 385 g/mol. The van der Waals surface area contributed by atoms with E-state index in [4.69, 9.17) is 34.8 Å². The molecular formula is C13H6Cl3N3O5. The van der Waals surface area contributed by atoms with E-state index in [1.807, 2.05) is 0 Å². The Hall–Kier alpha value is -2.42. The van der Waals surface area contributed by atoms with E-state index in [-0.39, 0.29) is 26.3 Å². The molecule has 124 valence electrons. The summed E-state index contributed by atoms with van der Waals surface area (Å²) in [7, 11) is 0. The van der Waals surface area contributed by atoms with Gasteiger partial charge in [-0.2, -0.15) is 0 Å². The summed E-state index contributed by atoms with van der Waals surface area (Å²) in [6.07, 6.45) is 0. The summed E-state index contributed by atoms with van der Waals surface area (Å²) < 4.78 is 0. The molecule has 0 atom stereocenters. The predicted octanol–water partition coefficient (Wildman–Crippen LogP) is 4.72. The molecule has 8 nitrogen and oxygen atoms in total. The van der Waals surface area contributed by atoms with E-state index < -0.39 is 27.1 Å². The lowest BCUT2D eigenvalue weighted by atomic mass is 10.1. The zero-order chi connectivity index (χ0) is 18.0. The number of rotatable bonds is 4. The summed E-state index contributed by atoms with van der Waals surface area (Å²) in [6, 6.07) is 5.22. The molecule has 2 aromatic carbocycles. The van der Waals surface area contributed by atoms with Crippen molar-refractivity contribution in [1.29, 1.82) is 0 Å². The van der Waals surface area contributed by atoms with Crippen molar-refractivity contribution in [2.24, 2.45) is 0 Å². The molecule has 0 heterocycles. The number of anilines is 1. The number of nitrogens with one attached hydrogen (secondary N) is 1. The van der Waals surface area contributed by atoms with Gasteiger partial charge >= 0.3 is 0 Å². The van der Waals surface area contributed by atoms with Crippen LogP contribution in [0, 0.1) is 20.2 Å². The lowest BCUT2D eigenvalue weighted by Crippen LogP contribution is -2.13. The van der Waals surface area contributed by atoms with Crippen molar-refractivity contribution in [3.8, 4) is 0 Å². The summed E-state index contributed by atoms with van der Waals surface area (Å²) in [5, 5.41) is 24.4. The lowest BCUT2D eigenvalue weighted by molar-refractivity contribution is -0.394. The van der Waals surface area contributed by atoms with Gasteiger partial charge < -0.3 is 5.32 Å². The minimum Gasteiger partial charge on any atom is -0.319 e. The molecule has 0 aromatic heterocycles. The van der Waals surface area contributed by atoms with E-state index in [0.717, 1.165) is 18.2 Å². The number of halogens is 3. The van der Waals surface area contributed by atoms with Crippen molar-refractivity contribution in [1.82, 2.24) is 0 Å². The minimum atomic E-state index is -0.854. The van der Waals surface area contributed by atoms with Crippen LogP contribution in [-0.4, -0.2) is 15.8 Å². The Bertz CT molecular complexity index is 817. The highest BCUT2D eigenvalue weighted by Crippen LogP contribution is 2.34. The van der Waals surface area contributed by atoms with Crippen LogP contribution in [0.1, 0.15) is 10.4 Å². The highest BCUT2D eigenvalue weighted by Gasteiger charge is 2.21. The van der Waals surface area contributed by atoms with Gasteiger partial charge in [0.25, 0.3) is 17.3 Å². The van der Waals surface area contributed by atoms with Crippen LogP contribution in [0.25, 0.3) is 0 Å². The molecule has 0 fully saturated rings. The molecule has 0 spiro atoms. The average molecular weight is 391 g/mol. The third kappa shape index (κ3) is 3.91. The molecule has 11 heteroatoms. The molecule has 1 N–H and O–H groups in total. The molecule has 2 aromatic rings. The Labute approximate surface area is 149 Å². The number of nitrogens with zero attached hydrogens (tertiary/aromatic N) is 2. The van der Waals surface area contributed by atoms with Crippen LogP contribution in [0.3, 0.4) is 0 Å². The number of non-ortho nitro benzene ring substituents is 2. The van der Waals surface area contributed by atoms with E-state index in [9.17, 15) is 25.0 Å². The normalized spacial score (nSPS) is 10.3. The Morgan fingerprint density at radius 1 is 0.875 bits per heavy atom. The van der Waals surface area contributed by atoms with Crippen molar-refractivity contribution in [2.75, 3.05) is 5.32 Å². The first-order valence-electron chi connectivity index (χ1n) is 6.09. The second-order valence-electron chi connectivity index (χ2n) is 4.45. The molecule has 0 bridgehead atoms. The van der Waals surface area contributed by atoms with Crippen molar-refractivity contribution in [3.05, 3.63) is 71.2 Å². The van der Waals surface area contributed by atoms with E-state index in [1.165, 1.54) is 12.1 Å². The van der Waals surface area contributed by atoms with Crippen LogP contribution in [0.2, 0.25) is 15.1 Å². The van der Waals surface area contributed by atoms with Gasteiger partial charge in [-0.25, -0.2) is 0 Å². The molecule has 0 unspecified atom stereocenters. The van der Waals surface area contributed by atoms with Crippen LogP contribution >= 0.6 is 34.8 Å². The van der Waals surface area contributed by atoms with Crippen LogP contribution in [0.15, 0.2) is 30.3 Å². The van der Waals surface area contributed by atoms with Crippen molar-refractivity contribution in [2.45, 2.75) is 0 Å². The van der Waals surface area contributed by atoms with Gasteiger partial charge in [0.05, 0.1) is 37.2 Å². The molecule has 1 amide bonds. The van der Waals surface area contributed by atoms with E-state index in [0.29, 0.717) is 0 Å². The highest BCUT2D eigenvalue weighted by molar-refractivity contribution is 6.42. The molecule has 0 aliphatic rings. The molecule has 0 radical (unpaired) electrons. The van der Waals surface area contributed by atoms with E-state index >= 15 is 0 Å². The summed E-state index contributed by atoms with van der Waals surface area (Å²) in [6.45, 7) is 0. The van der Waals surface area contributed by atoms with Gasteiger partial charge in [0.2, 0.25) is 0 Å². The van der Waals surface area contributed by atoms with Crippen LogP contribution in [0.5, 0.6) is 0 Å². The van der Waals surface area contributed by atoms with Gasteiger partial charge in [-0.05, 0) is 12.1 Å². The fourth-order valence-electron chi connectivity index (χ4n) is 1.78. The number of carbonyl (C=O) groups is 1. The van der Waals surface area contributed by atoms with Gasteiger partial charge in [-0.3, -0.25) is 25.0 Å². The minimum absolute atomic E-state index is 0.0295. The fourth-order valence-corrected chi connectivity index (χ4v) is 2.70. The van der Waals surface area contributed by atoms with Crippen molar-refractivity contribution < 1.29 is 14.6 Å². The van der Waals surface area contributed by atoms with Crippen molar-refractivity contribution >= 4 is 57.8 Å². The summed E-state index contributed by atoms with van der Waals surface area (Å²) in [4.78, 5) is 32.3. The van der Waals surface area contributed by atoms with Gasteiger partial charge in [0.15, 0.2) is 0 Å². The topological polar surface area (TPSA) is 115 Å². The van der Waals surface area contributed by atoms with Gasteiger partial charge in [0.1, 0.15) is 0 Å². The predicted molar refractivity (Wildman–Crippen MR) is 89.2 cm³/mol. The first-order chi connectivity index (χ1) is 11.2. The Kier molecular flexibility index (Phi) is 5.23. The zero-order valence-corrected chi connectivity index (χ0v) is 13.7. The molecule has 0 saturated carbocycles. The smallest absolute Gasteiger partial charge is 0.277 e. The lowest BCUT2D eigenvalue weighted by Gasteiger charge is -2.10. The first-order valence-corrected chi connectivity index (χ1v) is 7.22. The second kappa shape index (κ2) is 7.00. The molecule has 0 aliphatic carbocycles. The number of hydrogen-bond acceptors (Lipinski definition) is 5. The summed E-state index contributed by atoms with van der Waals surface area (Å²) in [5.74, 6) is -0.854. The number of nitro benzene ring substituents is 2. The number of amides is 1. The quantitative estimate of drug-likeness (QED) is 0.599. The highest BCUT2D eigenvalue weighted by atomic mass is 35.5. The fraction of sp³-hybridized carbons (Fsp3) is 0. The number of hydrogen-bond donors (Lipinski definition) is 1. The maximum absolute atomic E-state index is 12.2. The number of benzene rings is 2. The van der Waals surface area contributed by atoms with Crippen LogP contribution < -0.4 is 5.32 Å². The van der Waals surface area contributed by atoms with E-state index in [1.54, 1.807) is 0 Å². The van der Waals surface area contributed by atoms with Crippen molar-refractivity contribution in [3.63, 3.8) is 0 Å². The van der Waals surface area contributed by atoms with E-state index in [2.05, 4.69) is 5.32 Å². The SMILES string of the molecule is O=C(Nc1c(Cl)cc(Cl)cc1Cl)c1cc([N+](=O)[O-])cc([N+](=O)[O-])c1. The summed E-state index contributed by atoms with van der Waals surface area (Å²) in [5.41, 5.74) is -1.45. The third-order valence-electron chi connectivity index (χ3n) is 2.83. The third-order valence-corrected chi connectivity index (χ3v) is 3.65. The zero-order valence-electron chi connectivity index (χ0n) is 11.5. The Morgan fingerprint density at radius 2 is 1.33 bits per heavy atom. The van der Waals surface area contributed by atoms with Gasteiger partial charge in [-0.15, -0.1) is 0 Å². The largest absolute Gasteiger partial charge is 0.319 e. The van der Waals surface area contributed by atoms with Crippen LogP contribution in [0.4, 0.5) is 17.1 Å². The maximum atomic E-state index is 12.2. The van der Waals surface area contributed by atoms with Crippen LogP contribution in [-0.2, 0) is 0 Å². The first kappa shape index (κ1) is 17.9. The average Bonchev–Trinajstić information content (AvgIpc) is 2.49.